The molecule has 132 valence electrons. The summed E-state index contributed by atoms with van der Waals surface area (Å²) in [5.74, 6) is 0.512. The summed E-state index contributed by atoms with van der Waals surface area (Å²) in [6, 6.07) is 11.2. The van der Waals surface area contributed by atoms with Gasteiger partial charge in [0.1, 0.15) is 0 Å². The van der Waals surface area contributed by atoms with E-state index in [0.29, 0.717) is 6.04 Å². The normalized spacial score (nSPS) is 20.3. The molecule has 1 saturated carbocycles. The number of amides is 1. The number of benzene rings is 1. The Balaban J connectivity index is 1.38. The smallest absolute Gasteiger partial charge is 0.223 e. The molecule has 0 bridgehead atoms. The molecule has 1 aromatic carbocycles. The van der Waals surface area contributed by atoms with Gasteiger partial charge in [0.05, 0.1) is 11.7 Å². The predicted molar refractivity (Wildman–Crippen MR) is 96.9 cm³/mol. The number of fused-ring (bicyclic) bond motifs is 1. The van der Waals surface area contributed by atoms with E-state index in [1.54, 1.807) is 0 Å². The first-order valence-corrected chi connectivity index (χ1v) is 9.27. The third-order valence-corrected chi connectivity index (χ3v) is 5.20. The van der Waals surface area contributed by atoms with Gasteiger partial charge in [0, 0.05) is 38.3 Å². The minimum atomic E-state index is 0.230. The molecule has 5 nitrogen and oxygen atoms in total. The van der Waals surface area contributed by atoms with E-state index in [1.807, 2.05) is 6.20 Å². The van der Waals surface area contributed by atoms with Gasteiger partial charge in [-0.25, -0.2) is 0 Å². The van der Waals surface area contributed by atoms with Gasteiger partial charge in [0.25, 0.3) is 0 Å². The van der Waals surface area contributed by atoms with E-state index in [-0.39, 0.29) is 11.8 Å². The standard InChI is InChI=1S/C20H26N4O/c1-15-2-4-16(5-3-15)12-23-13-18(24-19(14-23)9-11-22-24)8-10-21-20(25)17-6-7-17/h2-5,9,11,17-18H,6-8,10,12-14H2,1H3,(H,21,25)/t18-/m1/s1. The maximum absolute atomic E-state index is 11.8. The van der Waals surface area contributed by atoms with Crippen LogP contribution in [0.5, 0.6) is 0 Å². The monoisotopic (exact) mass is 338 g/mol. The summed E-state index contributed by atoms with van der Waals surface area (Å²) in [6.07, 6.45) is 4.93. The van der Waals surface area contributed by atoms with Crippen LogP contribution in [0.15, 0.2) is 36.5 Å². The van der Waals surface area contributed by atoms with Crippen LogP contribution in [0, 0.1) is 12.8 Å². The second-order valence-corrected chi connectivity index (χ2v) is 7.43. The van der Waals surface area contributed by atoms with E-state index in [0.717, 1.165) is 45.4 Å². The van der Waals surface area contributed by atoms with Crippen LogP contribution in [-0.4, -0.2) is 33.7 Å². The Morgan fingerprint density at radius 3 is 2.80 bits per heavy atom. The first kappa shape index (κ1) is 16.3. The fraction of sp³-hybridized carbons (Fsp3) is 0.500. The van der Waals surface area contributed by atoms with E-state index in [2.05, 4.69) is 57.3 Å². The molecule has 0 radical (unpaired) electrons. The van der Waals surface area contributed by atoms with E-state index in [4.69, 9.17) is 0 Å². The highest BCUT2D eigenvalue weighted by Crippen LogP contribution is 2.29. The zero-order chi connectivity index (χ0) is 17.2. The van der Waals surface area contributed by atoms with Crippen molar-refractivity contribution < 1.29 is 4.79 Å². The summed E-state index contributed by atoms with van der Waals surface area (Å²) >= 11 is 0. The number of aryl methyl sites for hydroxylation is 1. The number of hydrogen-bond donors (Lipinski definition) is 1. The van der Waals surface area contributed by atoms with Gasteiger partial charge < -0.3 is 5.32 Å². The predicted octanol–water partition coefficient (Wildman–Crippen LogP) is 2.66. The molecule has 5 heteroatoms. The number of hydrogen-bond acceptors (Lipinski definition) is 3. The molecule has 0 unspecified atom stereocenters. The summed E-state index contributed by atoms with van der Waals surface area (Å²) in [6.45, 7) is 5.71. The largest absolute Gasteiger partial charge is 0.356 e. The van der Waals surface area contributed by atoms with Crippen LogP contribution >= 0.6 is 0 Å². The van der Waals surface area contributed by atoms with Gasteiger partial charge in [-0.05, 0) is 37.8 Å². The van der Waals surface area contributed by atoms with Gasteiger partial charge in [-0.15, -0.1) is 0 Å². The lowest BCUT2D eigenvalue weighted by atomic mass is 10.1. The number of carbonyl (C=O) groups excluding carboxylic acids is 1. The third-order valence-electron chi connectivity index (χ3n) is 5.20. The summed E-state index contributed by atoms with van der Waals surface area (Å²) in [7, 11) is 0. The molecule has 2 heterocycles. The average molecular weight is 338 g/mol. The van der Waals surface area contributed by atoms with Gasteiger partial charge in [0.2, 0.25) is 5.91 Å². The minimum Gasteiger partial charge on any atom is -0.356 e. The van der Waals surface area contributed by atoms with Crippen LogP contribution in [0.1, 0.15) is 42.1 Å². The van der Waals surface area contributed by atoms with Crippen molar-refractivity contribution in [3.05, 3.63) is 53.3 Å². The second-order valence-electron chi connectivity index (χ2n) is 7.43. The molecule has 1 N–H and O–H groups in total. The van der Waals surface area contributed by atoms with Crippen molar-refractivity contribution in [1.82, 2.24) is 20.0 Å². The number of nitrogens with one attached hydrogen (secondary N) is 1. The Hall–Kier alpha value is -2.14. The lowest BCUT2D eigenvalue weighted by Gasteiger charge is -2.34. The lowest BCUT2D eigenvalue weighted by Crippen LogP contribution is -2.39. The fourth-order valence-corrected chi connectivity index (χ4v) is 3.60. The zero-order valence-corrected chi connectivity index (χ0v) is 14.8. The molecule has 2 aliphatic rings. The van der Waals surface area contributed by atoms with E-state index < -0.39 is 0 Å². The van der Waals surface area contributed by atoms with Gasteiger partial charge in [-0.2, -0.15) is 5.10 Å². The zero-order valence-electron chi connectivity index (χ0n) is 14.8. The molecule has 1 aliphatic heterocycles. The highest BCUT2D eigenvalue weighted by Gasteiger charge is 2.30. The van der Waals surface area contributed by atoms with Crippen molar-refractivity contribution >= 4 is 5.91 Å². The van der Waals surface area contributed by atoms with Gasteiger partial charge >= 0.3 is 0 Å². The maximum atomic E-state index is 11.8. The van der Waals surface area contributed by atoms with Crippen molar-refractivity contribution in [3.8, 4) is 0 Å². The van der Waals surface area contributed by atoms with Crippen molar-refractivity contribution in [2.75, 3.05) is 13.1 Å². The minimum absolute atomic E-state index is 0.230. The number of rotatable bonds is 6. The van der Waals surface area contributed by atoms with Crippen molar-refractivity contribution in [1.29, 1.82) is 0 Å². The van der Waals surface area contributed by atoms with E-state index in [1.165, 1.54) is 16.8 Å². The Bertz CT molecular complexity index is 732. The molecule has 1 aromatic heterocycles. The van der Waals surface area contributed by atoms with Gasteiger partial charge in [0.15, 0.2) is 0 Å². The fourth-order valence-electron chi connectivity index (χ4n) is 3.60. The summed E-state index contributed by atoms with van der Waals surface area (Å²) in [5.41, 5.74) is 3.90. The molecule has 0 saturated heterocycles. The van der Waals surface area contributed by atoms with Crippen molar-refractivity contribution in [3.63, 3.8) is 0 Å². The molecule has 1 atom stereocenters. The Morgan fingerprint density at radius 2 is 2.04 bits per heavy atom. The van der Waals surface area contributed by atoms with Crippen LogP contribution in [-0.2, 0) is 17.9 Å². The van der Waals surface area contributed by atoms with Crippen LogP contribution in [0.25, 0.3) is 0 Å². The topological polar surface area (TPSA) is 50.2 Å². The number of nitrogens with zero attached hydrogens (tertiary/aromatic N) is 3. The highest BCUT2D eigenvalue weighted by molar-refractivity contribution is 5.80. The SMILES string of the molecule is Cc1ccc(CN2Cc3ccnn3[C@H](CCNC(=O)C3CC3)C2)cc1. The second kappa shape index (κ2) is 7.00. The quantitative estimate of drug-likeness (QED) is 0.881. The van der Waals surface area contributed by atoms with Crippen LogP contribution < -0.4 is 5.32 Å². The van der Waals surface area contributed by atoms with Crippen LogP contribution in [0.2, 0.25) is 0 Å². The Labute approximate surface area is 149 Å². The number of carbonyl (C=O) groups is 1. The molecule has 1 fully saturated rings. The molecule has 25 heavy (non-hydrogen) atoms. The lowest BCUT2D eigenvalue weighted by molar-refractivity contribution is -0.122. The van der Waals surface area contributed by atoms with Gasteiger partial charge in [-0.3, -0.25) is 14.4 Å². The maximum Gasteiger partial charge on any atom is 0.223 e. The molecule has 1 aliphatic carbocycles. The van der Waals surface area contributed by atoms with Crippen LogP contribution in [0.4, 0.5) is 0 Å². The first-order valence-electron chi connectivity index (χ1n) is 9.27. The van der Waals surface area contributed by atoms with Crippen molar-refractivity contribution in [2.45, 2.75) is 45.3 Å². The molecule has 1 amide bonds. The van der Waals surface area contributed by atoms with Crippen molar-refractivity contribution in [2.24, 2.45) is 5.92 Å². The molecule has 0 spiro atoms. The number of aromatic nitrogens is 2. The third kappa shape index (κ3) is 3.93. The summed E-state index contributed by atoms with van der Waals surface area (Å²) in [4.78, 5) is 14.3. The van der Waals surface area contributed by atoms with E-state index >= 15 is 0 Å². The Kier molecular flexibility index (Phi) is 4.57. The Morgan fingerprint density at radius 1 is 1.24 bits per heavy atom. The summed E-state index contributed by atoms with van der Waals surface area (Å²) in [5, 5.41) is 7.60. The molecular weight excluding hydrogens is 312 g/mol. The average Bonchev–Trinajstić information content (AvgIpc) is 3.35. The summed E-state index contributed by atoms with van der Waals surface area (Å²) < 4.78 is 2.15. The van der Waals surface area contributed by atoms with E-state index in [9.17, 15) is 4.79 Å². The highest BCUT2D eigenvalue weighted by atomic mass is 16.2. The molecule has 2 aromatic rings. The molecule has 4 rings (SSSR count). The first-order chi connectivity index (χ1) is 12.2. The van der Waals surface area contributed by atoms with Gasteiger partial charge in [-0.1, -0.05) is 29.8 Å². The molecular formula is C20H26N4O. The van der Waals surface area contributed by atoms with Crippen LogP contribution in [0.3, 0.4) is 0 Å².